The minimum Gasteiger partial charge on any atom is -0.362 e. The maximum absolute atomic E-state index is 3.39. The fraction of sp³-hybridized carbons (Fsp3) is 0.778. The van der Waals surface area contributed by atoms with Gasteiger partial charge in [-0.15, -0.1) is 0 Å². The Hall–Kier alpha value is -0.720. The Kier molecular flexibility index (Phi) is 8.69. The van der Waals surface area contributed by atoms with Crippen molar-refractivity contribution in [2.45, 2.75) is 91.4 Å². The fourth-order valence-corrected chi connectivity index (χ4v) is 2.84. The lowest BCUT2D eigenvalue weighted by Gasteiger charge is -2.02. The third kappa shape index (κ3) is 7.44. The Balaban J connectivity index is 1.90. The third-order valence-electron chi connectivity index (χ3n) is 4.06. The second kappa shape index (κ2) is 10.1. The highest BCUT2D eigenvalue weighted by molar-refractivity contribution is 5.24. The van der Waals surface area contributed by atoms with Crippen molar-refractivity contribution in [3.63, 3.8) is 0 Å². The summed E-state index contributed by atoms with van der Waals surface area (Å²) >= 11 is 0. The minimum atomic E-state index is 1.26. The molecule has 0 saturated heterocycles. The van der Waals surface area contributed by atoms with Crippen LogP contribution in [-0.4, -0.2) is 4.98 Å². The summed E-state index contributed by atoms with van der Waals surface area (Å²) in [5.74, 6) is 0. The summed E-state index contributed by atoms with van der Waals surface area (Å²) in [5, 5.41) is 0. The van der Waals surface area contributed by atoms with E-state index in [1.807, 2.05) is 0 Å². The van der Waals surface area contributed by atoms with Crippen molar-refractivity contribution in [2.75, 3.05) is 0 Å². The van der Waals surface area contributed by atoms with Crippen LogP contribution in [0.5, 0.6) is 0 Å². The SMILES string of the molecule is CCCCCCCCCCCCc1cc(C)[nH]c1C. The molecule has 0 bridgehead atoms. The molecule has 1 heterocycles. The highest BCUT2D eigenvalue weighted by Crippen LogP contribution is 2.15. The number of aryl methyl sites for hydroxylation is 3. The maximum Gasteiger partial charge on any atom is 0.0150 e. The van der Waals surface area contributed by atoms with Crippen LogP contribution in [0.2, 0.25) is 0 Å². The molecular weight excluding hydrogens is 230 g/mol. The van der Waals surface area contributed by atoms with Gasteiger partial charge in [0.05, 0.1) is 0 Å². The van der Waals surface area contributed by atoms with Crippen LogP contribution < -0.4 is 0 Å². The molecule has 0 amide bonds. The summed E-state index contributed by atoms with van der Waals surface area (Å²) in [6.07, 6.45) is 15.5. The van der Waals surface area contributed by atoms with Crippen LogP contribution in [0.3, 0.4) is 0 Å². The molecule has 19 heavy (non-hydrogen) atoms. The predicted octanol–water partition coefficient (Wildman–Crippen LogP) is 6.09. The van der Waals surface area contributed by atoms with Gasteiger partial charge >= 0.3 is 0 Å². The molecule has 1 N–H and O–H groups in total. The lowest BCUT2D eigenvalue weighted by atomic mass is 10.0. The lowest BCUT2D eigenvalue weighted by Crippen LogP contribution is -1.87. The summed E-state index contributed by atoms with van der Waals surface area (Å²) in [6.45, 7) is 6.63. The lowest BCUT2D eigenvalue weighted by molar-refractivity contribution is 0.556. The van der Waals surface area contributed by atoms with E-state index in [1.54, 1.807) is 0 Å². The van der Waals surface area contributed by atoms with Crippen molar-refractivity contribution < 1.29 is 0 Å². The van der Waals surface area contributed by atoms with E-state index in [-0.39, 0.29) is 0 Å². The van der Waals surface area contributed by atoms with Crippen LogP contribution in [0.4, 0.5) is 0 Å². The van der Waals surface area contributed by atoms with Crippen molar-refractivity contribution in [2.24, 2.45) is 0 Å². The molecule has 0 aliphatic rings. The molecule has 0 fully saturated rings. The van der Waals surface area contributed by atoms with Crippen LogP contribution in [-0.2, 0) is 6.42 Å². The highest BCUT2D eigenvalue weighted by Gasteiger charge is 2.01. The van der Waals surface area contributed by atoms with Crippen molar-refractivity contribution in [3.8, 4) is 0 Å². The zero-order valence-corrected chi connectivity index (χ0v) is 13.4. The molecule has 0 aliphatic carbocycles. The van der Waals surface area contributed by atoms with Crippen molar-refractivity contribution in [3.05, 3.63) is 23.0 Å². The summed E-state index contributed by atoms with van der Waals surface area (Å²) in [6, 6.07) is 2.31. The highest BCUT2D eigenvalue weighted by atomic mass is 14.7. The van der Waals surface area contributed by atoms with Gasteiger partial charge in [-0.05, 0) is 38.3 Å². The molecule has 0 spiro atoms. The largest absolute Gasteiger partial charge is 0.362 e. The molecule has 1 nitrogen and oxygen atoms in total. The number of hydrogen-bond acceptors (Lipinski definition) is 0. The molecule has 1 aromatic rings. The molecule has 0 aliphatic heterocycles. The number of hydrogen-bond donors (Lipinski definition) is 1. The molecule has 0 aromatic carbocycles. The second-order valence-electron chi connectivity index (χ2n) is 6.03. The maximum atomic E-state index is 3.39. The second-order valence-corrected chi connectivity index (χ2v) is 6.03. The van der Waals surface area contributed by atoms with Crippen LogP contribution in [0, 0.1) is 13.8 Å². The van der Waals surface area contributed by atoms with Gasteiger partial charge in [0, 0.05) is 11.4 Å². The average Bonchev–Trinajstić information content (AvgIpc) is 2.70. The van der Waals surface area contributed by atoms with Gasteiger partial charge in [0.1, 0.15) is 0 Å². The Morgan fingerprint density at radius 2 is 1.32 bits per heavy atom. The normalized spacial score (nSPS) is 11.1. The van der Waals surface area contributed by atoms with Gasteiger partial charge in [0.25, 0.3) is 0 Å². The first kappa shape index (κ1) is 16.3. The van der Waals surface area contributed by atoms with Crippen LogP contribution >= 0.6 is 0 Å². The van der Waals surface area contributed by atoms with E-state index >= 15 is 0 Å². The van der Waals surface area contributed by atoms with E-state index < -0.39 is 0 Å². The Labute approximate surface area is 120 Å². The number of unbranched alkanes of at least 4 members (excludes halogenated alkanes) is 9. The summed E-state index contributed by atoms with van der Waals surface area (Å²) in [5.41, 5.74) is 4.20. The summed E-state index contributed by atoms with van der Waals surface area (Å²) in [7, 11) is 0. The van der Waals surface area contributed by atoms with E-state index in [4.69, 9.17) is 0 Å². The topological polar surface area (TPSA) is 15.8 Å². The molecule has 0 saturated carbocycles. The van der Waals surface area contributed by atoms with E-state index in [0.29, 0.717) is 0 Å². The number of nitrogens with one attached hydrogen (secondary N) is 1. The van der Waals surface area contributed by atoms with Gasteiger partial charge in [0.2, 0.25) is 0 Å². The molecular formula is C18H33N. The Morgan fingerprint density at radius 1 is 0.789 bits per heavy atom. The monoisotopic (exact) mass is 263 g/mol. The van der Waals surface area contributed by atoms with Gasteiger partial charge in [-0.1, -0.05) is 64.7 Å². The van der Waals surface area contributed by atoms with Crippen molar-refractivity contribution >= 4 is 0 Å². The smallest absolute Gasteiger partial charge is 0.0150 e. The number of aromatic amines is 1. The van der Waals surface area contributed by atoms with E-state index in [0.717, 1.165) is 0 Å². The van der Waals surface area contributed by atoms with Crippen LogP contribution in [0.25, 0.3) is 0 Å². The molecule has 1 rings (SSSR count). The fourth-order valence-electron chi connectivity index (χ4n) is 2.84. The van der Waals surface area contributed by atoms with Gasteiger partial charge in [-0.25, -0.2) is 0 Å². The number of rotatable bonds is 11. The zero-order valence-electron chi connectivity index (χ0n) is 13.4. The molecule has 0 unspecified atom stereocenters. The van der Waals surface area contributed by atoms with E-state index in [9.17, 15) is 0 Å². The Bertz CT molecular complexity index is 324. The Morgan fingerprint density at radius 3 is 1.79 bits per heavy atom. The van der Waals surface area contributed by atoms with Gasteiger partial charge < -0.3 is 4.98 Å². The molecule has 110 valence electrons. The van der Waals surface area contributed by atoms with Crippen molar-refractivity contribution in [1.82, 2.24) is 4.98 Å². The molecule has 0 radical (unpaired) electrons. The molecule has 0 atom stereocenters. The molecule has 1 aromatic heterocycles. The number of aromatic nitrogens is 1. The molecule has 1 heteroatoms. The number of H-pyrrole nitrogens is 1. The average molecular weight is 263 g/mol. The first-order chi connectivity index (χ1) is 9.24. The van der Waals surface area contributed by atoms with Gasteiger partial charge in [-0.3, -0.25) is 0 Å². The first-order valence-electron chi connectivity index (χ1n) is 8.39. The van der Waals surface area contributed by atoms with E-state index in [1.165, 1.54) is 87.6 Å². The first-order valence-corrected chi connectivity index (χ1v) is 8.39. The summed E-state index contributed by atoms with van der Waals surface area (Å²) < 4.78 is 0. The van der Waals surface area contributed by atoms with Gasteiger partial charge in [-0.2, -0.15) is 0 Å². The van der Waals surface area contributed by atoms with Crippen LogP contribution in [0.1, 0.15) is 88.1 Å². The van der Waals surface area contributed by atoms with Crippen LogP contribution in [0.15, 0.2) is 6.07 Å². The van der Waals surface area contributed by atoms with Gasteiger partial charge in [0.15, 0.2) is 0 Å². The standard InChI is InChI=1S/C18H33N/c1-4-5-6-7-8-9-10-11-12-13-14-18-15-16(2)19-17(18)3/h15,19H,4-14H2,1-3H3. The third-order valence-corrected chi connectivity index (χ3v) is 4.06. The van der Waals surface area contributed by atoms with E-state index in [2.05, 4.69) is 31.8 Å². The predicted molar refractivity (Wildman–Crippen MR) is 85.8 cm³/mol. The zero-order chi connectivity index (χ0) is 13.9. The quantitative estimate of drug-likeness (QED) is 0.465. The minimum absolute atomic E-state index is 1.26. The summed E-state index contributed by atoms with van der Waals surface area (Å²) in [4.78, 5) is 3.39. The van der Waals surface area contributed by atoms with Crippen molar-refractivity contribution in [1.29, 1.82) is 0 Å².